The monoisotopic (exact) mass is 405 g/mol. The predicted octanol–water partition coefficient (Wildman–Crippen LogP) is 3.33. The van der Waals surface area contributed by atoms with E-state index in [4.69, 9.17) is 27.9 Å². The molecular weight excluding hydrogens is 385 g/mol. The molecule has 25 heavy (non-hydrogen) atoms. The van der Waals surface area contributed by atoms with Crippen LogP contribution >= 0.6 is 23.2 Å². The molecule has 1 unspecified atom stereocenters. The molecule has 1 saturated heterocycles. The highest BCUT2D eigenvalue weighted by Crippen LogP contribution is 2.33. The minimum Gasteiger partial charge on any atom is -0.492 e. The van der Waals surface area contributed by atoms with Gasteiger partial charge in [-0.2, -0.15) is 0 Å². The maximum absolute atomic E-state index is 12.6. The van der Waals surface area contributed by atoms with Crippen LogP contribution in [-0.2, 0) is 14.6 Å². The van der Waals surface area contributed by atoms with Gasteiger partial charge in [-0.1, -0.05) is 23.2 Å². The average molecular weight is 406 g/mol. The summed E-state index contributed by atoms with van der Waals surface area (Å²) in [6, 6.07) is 5.07. The van der Waals surface area contributed by atoms with Crippen molar-refractivity contribution in [3.8, 4) is 5.75 Å². The van der Waals surface area contributed by atoms with Crippen molar-refractivity contribution >= 4 is 38.9 Å². The van der Waals surface area contributed by atoms with Gasteiger partial charge in [-0.3, -0.25) is 4.79 Å². The van der Waals surface area contributed by atoms with Crippen LogP contribution in [0.15, 0.2) is 18.2 Å². The standard InChI is InChI=1S/C17H21Cl2NO4S/c18-12-3-6-16(15(19)10-12)24-8-1-2-17(21)20(13-4-5-13)14-7-9-25(22,23)11-14/h3,6,10,13-14H,1-2,4-5,7-9,11H2. The maximum atomic E-state index is 12.6. The lowest BCUT2D eigenvalue weighted by molar-refractivity contribution is -0.134. The first-order valence-electron chi connectivity index (χ1n) is 8.45. The molecule has 8 heteroatoms. The van der Waals surface area contributed by atoms with Gasteiger partial charge in [0.15, 0.2) is 9.84 Å². The van der Waals surface area contributed by atoms with E-state index in [0.717, 1.165) is 12.8 Å². The van der Waals surface area contributed by atoms with E-state index in [9.17, 15) is 13.2 Å². The van der Waals surface area contributed by atoms with E-state index in [2.05, 4.69) is 0 Å². The molecule has 1 amide bonds. The van der Waals surface area contributed by atoms with Crippen LogP contribution in [0.4, 0.5) is 0 Å². The first-order valence-corrected chi connectivity index (χ1v) is 11.0. The number of sulfone groups is 1. The summed E-state index contributed by atoms with van der Waals surface area (Å²) in [5.74, 6) is 0.855. The second-order valence-electron chi connectivity index (χ2n) is 6.62. The van der Waals surface area contributed by atoms with Crippen molar-refractivity contribution in [3.63, 3.8) is 0 Å². The number of hydrogen-bond acceptors (Lipinski definition) is 4. The lowest BCUT2D eigenvalue weighted by Gasteiger charge is -2.28. The lowest BCUT2D eigenvalue weighted by Crippen LogP contribution is -2.42. The Morgan fingerprint density at radius 2 is 1.96 bits per heavy atom. The molecule has 1 saturated carbocycles. The molecule has 1 aliphatic carbocycles. The van der Waals surface area contributed by atoms with E-state index in [1.165, 1.54) is 0 Å². The Hall–Kier alpha value is -0.980. The van der Waals surface area contributed by atoms with Gasteiger partial charge in [-0.05, 0) is 43.9 Å². The highest BCUT2D eigenvalue weighted by molar-refractivity contribution is 7.91. The first kappa shape index (κ1) is 18.8. The molecular formula is C17H21Cl2NO4S. The molecule has 1 aromatic rings. The first-order chi connectivity index (χ1) is 11.9. The van der Waals surface area contributed by atoms with E-state index in [0.29, 0.717) is 41.7 Å². The van der Waals surface area contributed by atoms with Gasteiger partial charge < -0.3 is 9.64 Å². The second-order valence-corrected chi connectivity index (χ2v) is 9.69. The molecule has 2 aliphatic rings. The molecule has 0 bridgehead atoms. The summed E-state index contributed by atoms with van der Waals surface area (Å²) < 4.78 is 29.0. The highest BCUT2D eigenvalue weighted by atomic mass is 35.5. The number of carbonyl (C=O) groups excluding carboxylic acids is 1. The Kier molecular flexibility index (Phi) is 5.81. The molecule has 5 nitrogen and oxygen atoms in total. The summed E-state index contributed by atoms with van der Waals surface area (Å²) in [7, 11) is -2.99. The molecule has 2 fully saturated rings. The lowest BCUT2D eigenvalue weighted by atomic mass is 10.2. The van der Waals surface area contributed by atoms with Gasteiger partial charge in [0, 0.05) is 23.5 Å². The molecule has 138 valence electrons. The molecule has 0 spiro atoms. The van der Waals surface area contributed by atoms with Gasteiger partial charge in [0.05, 0.1) is 23.1 Å². The summed E-state index contributed by atoms with van der Waals surface area (Å²) in [6.07, 6.45) is 3.40. The zero-order valence-electron chi connectivity index (χ0n) is 13.8. The third kappa shape index (κ3) is 5.02. The van der Waals surface area contributed by atoms with Crippen LogP contribution in [-0.4, -0.2) is 49.4 Å². The molecule has 0 N–H and O–H groups in total. The van der Waals surface area contributed by atoms with E-state index in [1.54, 1.807) is 18.2 Å². The highest BCUT2D eigenvalue weighted by Gasteiger charge is 2.41. The van der Waals surface area contributed by atoms with Gasteiger partial charge in [-0.25, -0.2) is 8.42 Å². The van der Waals surface area contributed by atoms with Gasteiger partial charge in [0.1, 0.15) is 5.75 Å². The normalized spacial score (nSPS) is 21.9. The fourth-order valence-electron chi connectivity index (χ4n) is 3.18. The van der Waals surface area contributed by atoms with Gasteiger partial charge in [0.2, 0.25) is 5.91 Å². The summed E-state index contributed by atoms with van der Waals surface area (Å²) in [5.41, 5.74) is 0. The minimum atomic E-state index is -2.99. The van der Waals surface area contributed by atoms with Gasteiger partial charge in [0.25, 0.3) is 0 Å². The average Bonchev–Trinajstić information content (AvgIpc) is 3.29. The van der Waals surface area contributed by atoms with E-state index in [1.807, 2.05) is 4.90 Å². The molecule has 3 rings (SSSR count). The number of benzene rings is 1. The van der Waals surface area contributed by atoms with Gasteiger partial charge in [-0.15, -0.1) is 0 Å². The SMILES string of the molecule is O=C(CCCOc1ccc(Cl)cc1Cl)N(C1CC1)C1CCS(=O)(=O)C1. The Bertz CT molecular complexity index is 749. The van der Waals surface area contributed by atoms with E-state index in [-0.39, 0.29) is 29.5 Å². The summed E-state index contributed by atoms with van der Waals surface area (Å²) in [4.78, 5) is 14.4. The van der Waals surface area contributed by atoms with E-state index < -0.39 is 9.84 Å². The van der Waals surface area contributed by atoms with Crippen LogP contribution in [0.3, 0.4) is 0 Å². The zero-order valence-corrected chi connectivity index (χ0v) is 16.1. The quantitative estimate of drug-likeness (QED) is 0.652. The van der Waals surface area contributed by atoms with Crippen molar-refractivity contribution in [3.05, 3.63) is 28.2 Å². The second kappa shape index (κ2) is 7.72. The molecule has 1 atom stereocenters. The fraction of sp³-hybridized carbons (Fsp3) is 0.588. The molecule has 1 aliphatic heterocycles. The number of amides is 1. The molecule has 0 aromatic heterocycles. The Morgan fingerprint density at radius 1 is 1.20 bits per heavy atom. The minimum absolute atomic E-state index is 0.0235. The number of rotatable bonds is 7. The number of ether oxygens (including phenoxy) is 1. The fourth-order valence-corrected chi connectivity index (χ4v) is 5.35. The van der Waals surface area contributed by atoms with Crippen molar-refractivity contribution < 1.29 is 17.9 Å². The smallest absolute Gasteiger partial charge is 0.223 e. The van der Waals surface area contributed by atoms with Crippen LogP contribution in [0, 0.1) is 0 Å². The van der Waals surface area contributed by atoms with Crippen LogP contribution in [0.25, 0.3) is 0 Å². The Balaban J connectivity index is 1.49. The molecule has 0 radical (unpaired) electrons. The summed E-state index contributed by atoms with van der Waals surface area (Å²) in [5, 5.41) is 0.980. The third-order valence-corrected chi connectivity index (χ3v) is 6.80. The predicted molar refractivity (Wildman–Crippen MR) is 98.1 cm³/mol. The molecule has 1 aromatic carbocycles. The van der Waals surface area contributed by atoms with Gasteiger partial charge >= 0.3 is 0 Å². The van der Waals surface area contributed by atoms with Crippen LogP contribution in [0.2, 0.25) is 10.0 Å². The summed E-state index contributed by atoms with van der Waals surface area (Å²) >= 11 is 11.9. The Morgan fingerprint density at radius 3 is 2.56 bits per heavy atom. The van der Waals surface area contributed by atoms with Crippen molar-refractivity contribution in [1.82, 2.24) is 4.90 Å². The number of carbonyl (C=O) groups is 1. The van der Waals surface area contributed by atoms with Crippen molar-refractivity contribution in [2.45, 2.75) is 44.2 Å². The maximum Gasteiger partial charge on any atom is 0.223 e. The van der Waals surface area contributed by atoms with Crippen LogP contribution in [0.1, 0.15) is 32.1 Å². The largest absolute Gasteiger partial charge is 0.492 e. The number of halogens is 2. The zero-order chi connectivity index (χ0) is 18.0. The van der Waals surface area contributed by atoms with E-state index >= 15 is 0 Å². The van der Waals surface area contributed by atoms with Crippen molar-refractivity contribution in [2.75, 3.05) is 18.1 Å². The summed E-state index contributed by atoms with van der Waals surface area (Å²) in [6.45, 7) is 0.370. The topological polar surface area (TPSA) is 63.7 Å². The van der Waals surface area contributed by atoms with Crippen molar-refractivity contribution in [2.24, 2.45) is 0 Å². The number of hydrogen-bond donors (Lipinski definition) is 0. The van der Waals surface area contributed by atoms with Crippen molar-refractivity contribution in [1.29, 1.82) is 0 Å². The number of nitrogens with zero attached hydrogens (tertiary/aromatic N) is 1. The molecule has 1 heterocycles. The van der Waals surface area contributed by atoms with Crippen LogP contribution < -0.4 is 4.74 Å². The van der Waals surface area contributed by atoms with Crippen LogP contribution in [0.5, 0.6) is 5.75 Å². The Labute approximate surface area is 158 Å². The third-order valence-electron chi connectivity index (χ3n) is 4.52.